The number of hydrogen-bond donors (Lipinski definition) is 0. The normalized spacial score (nSPS) is 18.3. The topological polar surface area (TPSA) is 70.8 Å². The predicted molar refractivity (Wildman–Crippen MR) is 103 cm³/mol. The van der Waals surface area contributed by atoms with Gasteiger partial charge in [-0.2, -0.15) is 0 Å². The molecule has 2 aliphatic heterocycles. The van der Waals surface area contributed by atoms with Gasteiger partial charge in [0, 0.05) is 45.5 Å². The summed E-state index contributed by atoms with van der Waals surface area (Å²) in [4.78, 5) is 11.4. The molecule has 5 heterocycles. The van der Waals surface area contributed by atoms with Crippen molar-refractivity contribution >= 4 is 28.4 Å². The smallest absolute Gasteiger partial charge is 0.151 e. The molecule has 0 radical (unpaired) electrons. The third-order valence-electron chi connectivity index (χ3n) is 5.23. The maximum atomic E-state index is 5.49. The molecule has 0 saturated carbocycles. The lowest BCUT2D eigenvalue weighted by molar-refractivity contribution is 0.122. The van der Waals surface area contributed by atoms with Crippen molar-refractivity contribution in [1.29, 1.82) is 0 Å². The molecule has 0 amide bonds. The van der Waals surface area contributed by atoms with Crippen LogP contribution in [0.1, 0.15) is 0 Å². The van der Waals surface area contributed by atoms with Gasteiger partial charge in [0.05, 0.1) is 24.9 Å². The predicted octanol–water partition coefficient (Wildman–Crippen LogP) is 1.78. The van der Waals surface area contributed by atoms with Crippen LogP contribution in [0, 0.1) is 0 Å². The van der Waals surface area contributed by atoms with Gasteiger partial charge >= 0.3 is 0 Å². The Morgan fingerprint density at radius 2 is 1.41 bits per heavy atom. The Morgan fingerprint density at radius 1 is 0.741 bits per heavy atom. The monoisotopic (exact) mass is 366 g/mol. The summed E-state index contributed by atoms with van der Waals surface area (Å²) < 4.78 is 10.9. The number of nitrogens with zero attached hydrogens (tertiary/aromatic N) is 6. The van der Waals surface area contributed by atoms with E-state index < -0.39 is 0 Å². The molecule has 0 N–H and O–H groups in total. The summed E-state index contributed by atoms with van der Waals surface area (Å²) in [7, 11) is 0. The van der Waals surface area contributed by atoms with Gasteiger partial charge in [0.25, 0.3) is 0 Å². The highest BCUT2D eigenvalue weighted by Crippen LogP contribution is 2.26. The van der Waals surface area contributed by atoms with Gasteiger partial charge in [-0.3, -0.25) is 0 Å². The zero-order chi connectivity index (χ0) is 18.1. The van der Waals surface area contributed by atoms with Crippen LogP contribution in [0.4, 0.5) is 17.5 Å². The summed E-state index contributed by atoms with van der Waals surface area (Å²) in [6.07, 6.45) is 3.53. The molecular formula is C19H22N6O2. The lowest BCUT2D eigenvalue weighted by Crippen LogP contribution is -2.47. The van der Waals surface area contributed by atoms with Crippen LogP contribution in [0.25, 0.3) is 11.0 Å². The number of aromatic nitrogens is 3. The van der Waals surface area contributed by atoms with E-state index in [4.69, 9.17) is 9.15 Å². The highest BCUT2D eigenvalue weighted by atomic mass is 16.5. The fourth-order valence-electron chi connectivity index (χ4n) is 3.73. The van der Waals surface area contributed by atoms with Crippen LogP contribution in [0.2, 0.25) is 0 Å². The molecule has 8 heteroatoms. The van der Waals surface area contributed by atoms with E-state index in [1.807, 2.05) is 18.3 Å². The van der Waals surface area contributed by atoms with Crippen LogP contribution in [-0.4, -0.2) is 67.7 Å². The first-order chi connectivity index (χ1) is 13.4. The van der Waals surface area contributed by atoms with Gasteiger partial charge < -0.3 is 23.9 Å². The molecule has 3 aromatic heterocycles. The Balaban J connectivity index is 1.26. The third kappa shape index (κ3) is 3.16. The maximum absolute atomic E-state index is 5.49. The van der Waals surface area contributed by atoms with Gasteiger partial charge in [0.15, 0.2) is 11.6 Å². The molecule has 0 bridgehead atoms. The number of rotatable bonds is 3. The lowest BCUT2D eigenvalue weighted by Gasteiger charge is -2.36. The van der Waals surface area contributed by atoms with Crippen molar-refractivity contribution in [1.82, 2.24) is 15.2 Å². The Bertz CT molecular complexity index is 898. The molecule has 27 heavy (non-hydrogen) atoms. The average Bonchev–Trinajstić information content (AvgIpc) is 3.24. The number of ether oxygens (including phenoxy) is 1. The first-order valence-corrected chi connectivity index (χ1v) is 9.37. The fourth-order valence-corrected chi connectivity index (χ4v) is 3.73. The molecule has 8 nitrogen and oxygen atoms in total. The van der Waals surface area contributed by atoms with Crippen molar-refractivity contribution in [2.75, 3.05) is 67.2 Å². The summed E-state index contributed by atoms with van der Waals surface area (Å²) in [5.74, 6) is 2.85. The minimum atomic E-state index is 0.753. The number of fused-ring (bicyclic) bond motifs is 1. The third-order valence-corrected chi connectivity index (χ3v) is 5.23. The zero-order valence-electron chi connectivity index (χ0n) is 15.1. The maximum Gasteiger partial charge on any atom is 0.151 e. The van der Waals surface area contributed by atoms with Gasteiger partial charge in [-0.1, -0.05) is 0 Å². The van der Waals surface area contributed by atoms with Gasteiger partial charge in [-0.05, 0) is 24.3 Å². The van der Waals surface area contributed by atoms with Crippen molar-refractivity contribution in [3.63, 3.8) is 0 Å². The Hall–Kier alpha value is -2.87. The molecule has 3 aromatic rings. The highest BCUT2D eigenvalue weighted by Gasteiger charge is 2.22. The number of anilines is 3. The van der Waals surface area contributed by atoms with Gasteiger partial charge in [0.2, 0.25) is 0 Å². The molecule has 2 fully saturated rings. The molecule has 0 unspecified atom stereocenters. The van der Waals surface area contributed by atoms with Crippen molar-refractivity contribution in [3.05, 3.63) is 36.7 Å². The lowest BCUT2D eigenvalue weighted by atomic mass is 10.2. The Labute approximate surface area is 157 Å². The first kappa shape index (κ1) is 16.3. The molecule has 0 spiro atoms. The molecule has 2 aliphatic rings. The van der Waals surface area contributed by atoms with E-state index in [1.54, 1.807) is 6.26 Å². The van der Waals surface area contributed by atoms with E-state index in [0.29, 0.717) is 0 Å². The molecule has 0 aromatic carbocycles. The average molecular weight is 366 g/mol. The highest BCUT2D eigenvalue weighted by molar-refractivity contribution is 5.88. The van der Waals surface area contributed by atoms with Gasteiger partial charge in [0.1, 0.15) is 11.4 Å². The SMILES string of the molecule is c1cc2occc2c(N2CCN(c3ccc(N4CCOCC4)nn3)CC2)n1. The van der Waals surface area contributed by atoms with Crippen molar-refractivity contribution < 1.29 is 9.15 Å². The van der Waals surface area contributed by atoms with Crippen LogP contribution in [-0.2, 0) is 4.74 Å². The van der Waals surface area contributed by atoms with Crippen LogP contribution in [0.15, 0.2) is 41.1 Å². The van der Waals surface area contributed by atoms with Crippen LogP contribution >= 0.6 is 0 Å². The van der Waals surface area contributed by atoms with Gasteiger partial charge in [-0.25, -0.2) is 4.98 Å². The molecule has 140 valence electrons. The molecule has 0 atom stereocenters. The van der Waals surface area contributed by atoms with Gasteiger partial charge in [-0.15, -0.1) is 10.2 Å². The second kappa shape index (κ2) is 7.03. The number of furan rings is 1. The minimum Gasteiger partial charge on any atom is -0.464 e. The zero-order valence-corrected chi connectivity index (χ0v) is 15.1. The second-order valence-electron chi connectivity index (χ2n) is 6.79. The van der Waals surface area contributed by atoms with Crippen LogP contribution in [0.3, 0.4) is 0 Å². The second-order valence-corrected chi connectivity index (χ2v) is 6.79. The molecular weight excluding hydrogens is 344 g/mol. The molecule has 5 rings (SSSR count). The Morgan fingerprint density at radius 3 is 2.11 bits per heavy atom. The largest absolute Gasteiger partial charge is 0.464 e. The van der Waals surface area contributed by atoms with E-state index in [-0.39, 0.29) is 0 Å². The quantitative estimate of drug-likeness (QED) is 0.695. The first-order valence-electron chi connectivity index (χ1n) is 9.37. The van der Waals surface area contributed by atoms with Crippen LogP contribution < -0.4 is 14.7 Å². The van der Waals surface area contributed by atoms with Crippen molar-refractivity contribution in [3.8, 4) is 0 Å². The summed E-state index contributed by atoms with van der Waals surface area (Å²) >= 11 is 0. The standard InChI is InChI=1S/C19H22N6O2/c1-2-18(24-10-13-26-14-11-24)22-21-17(1)23-6-8-25(9-7-23)19-15-4-12-27-16(15)3-5-20-19/h1-5,12H,6-11,13-14H2. The van der Waals surface area contributed by atoms with Crippen molar-refractivity contribution in [2.24, 2.45) is 0 Å². The van der Waals surface area contributed by atoms with E-state index >= 15 is 0 Å². The molecule has 0 aliphatic carbocycles. The molecule has 2 saturated heterocycles. The number of pyridine rings is 1. The Kier molecular flexibility index (Phi) is 4.25. The summed E-state index contributed by atoms with van der Waals surface area (Å²) in [6.45, 7) is 6.82. The minimum absolute atomic E-state index is 0.753. The number of hydrogen-bond acceptors (Lipinski definition) is 8. The summed E-state index contributed by atoms with van der Waals surface area (Å²) in [5, 5.41) is 9.96. The number of morpholine rings is 1. The summed E-state index contributed by atoms with van der Waals surface area (Å²) in [6, 6.07) is 8.02. The van der Waals surface area contributed by atoms with E-state index in [1.165, 1.54) is 0 Å². The van der Waals surface area contributed by atoms with E-state index in [9.17, 15) is 0 Å². The summed E-state index contributed by atoms with van der Waals surface area (Å²) in [5.41, 5.74) is 0.881. The van der Waals surface area contributed by atoms with E-state index in [2.05, 4.69) is 42.0 Å². The number of piperazine rings is 1. The van der Waals surface area contributed by atoms with E-state index in [0.717, 1.165) is 80.9 Å². The van der Waals surface area contributed by atoms with Crippen LogP contribution in [0.5, 0.6) is 0 Å². The fraction of sp³-hybridized carbons (Fsp3) is 0.421. The van der Waals surface area contributed by atoms with Crippen molar-refractivity contribution in [2.45, 2.75) is 0 Å².